The molecule has 0 spiro atoms. The lowest BCUT2D eigenvalue weighted by atomic mass is 10.3. The Hall–Kier alpha value is -0.640. The van der Waals surface area contributed by atoms with E-state index >= 15 is 0 Å². The lowest BCUT2D eigenvalue weighted by molar-refractivity contribution is 0.350. The van der Waals surface area contributed by atoms with E-state index in [4.69, 9.17) is 9.26 Å². The standard InChI is InChI=1S/C13H22NO3PS/c1-5-17-18(4,15)19-11-10-14(2)12-6-8-13(16-3)9-7-12/h6-9H,5,10-11H2,1-4H3. The number of benzene rings is 1. The van der Waals surface area contributed by atoms with E-state index in [0.717, 1.165) is 23.7 Å². The second kappa shape index (κ2) is 7.83. The van der Waals surface area contributed by atoms with Crippen LogP contribution in [0.25, 0.3) is 0 Å². The molecule has 0 aromatic heterocycles. The molecule has 0 heterocycles. The molecule has 0 aliphatic rings. The second-order valence-electron chi connectivity index (χ2n) is 4.14. The van der Waals surface area contributed by atoms with E-state index in [1.165, 1.54) is 11.4 Å². The number of nitrogens with zero attached hydrogens (tertiary/aromatic N) is 1. The van der Waals surface area contributed by atoms with Gasteiger partial charge in [0.25, 0.3) is 6.57 Å². The van der Waals surface area contributed by atoms with E-state index in [9.17, 15) is 4.57 Å². The van der Waals surface area contributed by atoms with Gasteiger partial charge in [0, 0.05) is 31.7 Å². The molecule has 0 aliphatic heterocycles. The Bertz CT molecular complexity index is 424. The maximum absolute atomic E-state index is 11.9. The van der Waals surface area contributed by atoms with Gasteiger partial charge in [-0.15, -0.1) is 0 Å². The maximum atomic E-state index is 11.9. The van der Waals surface area contributed by atoms with Crippen molar-refractivity contribution in [2.45, 2.75) is 6.92 Å². The van der Waals surface area contributed by atoms with Crippen molar-refractivity contribution in [2.75, 3.05) is 44.6 Å². The van der Waals surface area contributed by atoms with E-state index in [-0.39, 0.29) is 0 Å². The number of hydrogen-bond acceptors (Lipinski definition) is 5. The molecule has 1 aromatic carbocycles. The largest absolute Gasteiger partial charge is 0.497 e. The van der Waals surface area contributed by atoms with Gasteiger partial charge in [-0.25, -0.2) is 0 Å². The minimum atomic E-state index is -2.48. The van der Waals surface area contributed by atoms with Crippen molar-refractivity contribution >= 4 is 23.6 Å². The number of hydrogen-bond donors (Lipinski definition) is 0. The molecular formula is C13H22NO3PS. The van der Waals surface area contributed by atoms with Gasteiger partial charge in [-0.3, -0.25) is 4.57 Å². The first-order valence-corrected chi connectivity index (χ1v) is 9.86. The SMILES string of the molecule is CCOP(C)(=O)SCCN(C)c1ccc(OC)cc1. The van der Waals surface area contributed by atoms with Crippen LogP contribution >= 0.6 is 18.0 Å². The molecule has 6 heteroatoms. The number of methoxy groups -OCH3 is 1. The number of rotatable bonds is 8. The summed E-state index contributed by atoms with van der Waals surface area (Å²) >= 11 is 1.40. The van der Waals surface area contributed by atoms with E-state index in [1.54, 1.807) is 13.8 Å². The zero-order chi connectivity index (χ0) is 14.3. The molecule has 0 fully saturated rings. The summed E-state index contributed by atoms with van der Waals surface area (Å²) in [5.41, 5.74) is 1.11. The van der Waals surface area contributed by atoms with Crippen LogP contribution in [0.1, 0.15) is 6.92 Å². The zero-order valence-corrected chi connectivity index (χ0v) is 13.7. The Labute approximate surface area is 119 Å². The van der Waals surface area contributed by atoms with Crippen LogP contribution < -0.4 is 9.64 Å². The van der Waals surface area contributed by atoms with Crippen molar-refractivity contribution in [2.24, 2.45) is 0 Å². The van der Waals surface area contributed by atoms with Crippen LogP contribution in [-0.2, 0) is 9.09 Å². The van der Waals surface area contributed by atoms with Crippen LogP contribution in [0.4, 0.5) is 5.69 Å². The van der Waals surface area contributed by atoms with Gasteiger partial charge in [0.1, 0.15) is 5.75 Å². The Balaban J connectivity index is 2.42. The van der Waals surface area contributed by atoms with Gasteiger partial charge in [-0.2, -0.15) is 0 Å². The van der Waals surface area contributed by atoms with Gasteiger partial charge in [-0.05, 0) is 31.2 Å². The normalized spacial score (nSPS) is 13.9. The third kappa shape index (κ3) is 5.89. The maximum Gasteiger partial charge on any atom is 0.254 e. The van der Waals surface area contributed by atoms with Crippen molar-refractivity contribution in [3.05, 3.63) is 24.3 Å². The fourth-order valence-corrected chi connectivity index (χ4v) is 4.59. The number of ether oxygens (including phenoxy) is 1. The summed E-state index contributed by atoms with van der Waals surface area (Å²) in [4.78, 5) is 2.12. The molecular weight excluding hydrogens is 281 g/mol. The summed E-state index contributed by atoms with van der Waals surface area (Å²) in [5.74, 6) is 1.62. The molecule has 4 nitrogen and oxygen atoms in total. The van der Waals surface area contributed by atoms with Crippen molar-refractivity contribution in [1.29, 1.82) is 0 Å². The smallest absolute Gasteiger partial charge is 0.254 e. The van der Waals surface area contributed by atoms with Crippen molar-refractivity contribution in [1.82, 2.24) is 0 Å². The van der Waals surface area contributed by atoms with Crippen LogP contribution in [0.3, 0.4) is 0 Å². The molecule has 19 heavy (non-hydrogen) atoms. The van der Waals surface area contributed by atoms with Crippen LogP contribution in [0.15, 0.2) is 24.3 Å². The highest BCUT2D eigenvalue weighted by Gasteiger charge is 2.15. The van der Waals surface area contributed by atoms with E-state index < -0.39 is 6.57 Å². The van der Waals surface area contributed by atoms with Crippen molar-refractivity contribution in [3.63, 3.8) is 0 Å². The molecule has 108 valence electrons. The lowest BCUT2D eigenvalue weighted by Gasteiger charge is -2.20. The predicted molar refractivity (Wildman–Crippen MR) is 83.9 cm³/mol. The van der Waals surface area contributed by atoms with Gasteiger partial charge in [0.05, 0.1) is 13.7 Å². The van der Waals surface area contributed by atoms with Crippen LogP contribution in [0.2, 0.25) is 0 Å². The zero-order valence-electron chi connectivity index (χ0n) is 12.0. The highest BCUT2D eigenvalue weighted by molar-refractivity contribution is 8.56. The summed E-state index contributed by atoms with van der Waals surface area (Å²) in [7, 11) is 3.67. The molecule has 0 bridgehead atoms. The van der Waals surface area contributed by atoms with Gasteiger partial charge in [0.15, 0.2) is 0 Å². The minimum Gasteiger partial charge on any atom is -0.497 e. The van der Waals surface area contributed by atoms with Crippen LogP contribution in [-0.4, -0.2) is 39.7 Å². The molecule has 0 N–H and O–H groups in total. The molecule has 1 aromatic rings. The molecule has 0 aliphatic carbocycles. The molecule has 0 radical (unpaired) electrons. The quantitative estimate of drug-likeness (QED) is 0.684. The average Bonchev–Trinajstić information content (AvgIpc) is 2.38. The predicted octanol–water partition coefficient (Wildman–Crippen LogP) is 3.72. The molecule has 1 unspecified atom stereocenters. The third-order valence-corrected chi connectivity index (χ3v) is 6.46. The van der Waals surface area contributed by atoms with Gasteiger partial charge < -0.3 is 14.2 Å². The van der Waals surface area contributed by atoms with Crippen LogP contribution in [0.5, 0.6) is 5.75 Å². The summed E-state index contributed by atoms with van der Waals surface area (Å²) in [6.45, 7) is 2.37. The van der Waals surface area contributed by atoms with E-state index in [0.29, 0.717) is 6.61 Å². The lowest BCUT2D eigenvalue weighted by Crippen LogP contribution is -2.20. The van der Waals surface area contributed by atoms with E-state index in [2.05, 4.69) is 4.90 Å². The second-order valence-corrected chi connectivity index (χ2v) is 9.37. The van der Waals surface area contributed by atoms with Crippen molar-refractivity contribution < 1.29 is 13.8 Å². The van der Waals surface area contributed by atoms with Crippen molar-refractivity contribution in [3.8, 4) is 5.75 Å². The summed E-state index contributed by atoms with van der Waals surface area (Å²) in [5, 5.41) is 0. The molecule has 0 amide bonds. The summed E-state index contributed by atoms with van der Waals surface area (Å²) in [6.07, 6.45) is 0. The van der Waals surface area contributed by atoms with Gasteiger partial charge in [0.2, 0.25) is 0 Å². The highest BCUT2D eigenvalue weighted by atomic mass is 32.7. The molecule has 1 atom stereocenters. The first-order valence-electron chi connectivity index (χ1n) is 6.20. The Morgan fingerprint density at radius 1 is 1.32 bits per heavy atom. The molecule has 1 rings (SSSR count). The van der Waals surface area contributed by atoms with Gasteiger partial charge >= 0.3 is 0 Å². The van der Waals surface area contributed by atoms with Gasteiger partial charge in [-0.1, -0.05) is 11.4 Å². The summed E-state index contributed by atoms with van der Waals surface area (Å²) < 4.78 is 22.3. The molecule has 0 saturated carbocycles. The first-order chi connectivity index (χ1) is 8.98. The molecule has 0 saturated heterocycles. The fourth-order valence-electron chi connectivity index (χ4n) is 1.58. The van der Waals surface area contributed by atoms with E-state index in [1.807, 2.05) is 38.2 Å². The Kier molecular flexibility index (Phi) is 6.76. The first kappa shape index (κ1) is 16.4. The Morgan fingerprint density at radius 3 is 2.47 bits per heavy atom. The average molecular weight is 303 g/mol. The summed E-state index contributed by atoms with van der Waals surface area (Å²) in [6, 6.07) is 7.89. The fraction of sp³-hybridized carbons (Fsp3) is 0.538. The Morgan fingerprint density at radius 2 is 1.95 bits per heavy atom. The monoisotopic (exact) mass is 303 g/mol. The minimum absolute atomic E-state index is 0.495. The number of anilines is 1. The topological polar surface area (TPSA) is 38.8 Å². The highest BCUT2D eigenvalue weighted by Crippen LogP contribution is 2.55. The third-order valence-electron chi connectivity index (χ3n) is 2.63. The van der Waals surface area contributed by atoms with Crippen LogP contribution in [0, 0.1) is 0 Å².